The first-order valence-corrected chi connectivity index (χ1v) is 7.56. The van der Waals surface area contributed by atoms with Crippen molar-refractivity contribution in [3.05, 3.63) is 97.4 Å². The molecule has 0 radical (unpaired) electrons. The first kappa shape index (κ1) is 13.5. The Bertz CT molecular complexity index is 528. The third-order valence-electron chi connectivity index (χ3n) is 2.78. The molecule has 0 nitrogen and oxygen atoms in total. The fourth-order valence-electron chi connectivity index (χ4n) is 1.96. The van der Waals surface area contributed by atoms with Crippen LogP contribution in [-0.2, 0) is 0 Å². The fourth-order valence-corrected chi connectivity index (χ4v) is 4.23. The van der Waals surface area contributed by atoms with Gasteiger partial charge in [-0.2, -0.15) is 0 Å². The van der Waals surface area contributed by atoms with Gasteiger partial charge in [-0.25, -0.2) is 0 Å². The Labute approximate surface area is 116 Å². The maximum Gasteiger partial charge on any atom is -0.0135 e. The second-order valence-electron chi connectivity index (χ2n) is 4.04. The van der Waals surface area contributed by atoms with E-state index < -0.39 is 7.92 Å². The second kappa shape index (κ2) is 6.87. The summed E-state index contributed by atoms with van der Waals surface area (Å²) < 4.78 is 0. The average Bonchev–Trinajstić information content (AvgIpc) is 2.49. The van der Waals surface area contributed by atoms with E-state index in [-0.39, 0.29) is 0 Å². The molecule has 0 saturated heterocycles. The van der Waals surface area contributed by atoms with Crippen molar-refractivity contribution < 1.29 is 0 Å². The highest BCUT2D eigenvalue weighted by Gasteiger charge is 2.15. The molecule has 2 aromatic carbocycles. The molecule has 1 heteroatoms. The predicted octanol–water partition coefficient (Wildman–Crippen LogP) is 4.38. The van der Waals surface area contributed by atoms with Crippen LogP contribution in [-0.4, -0.2) is 0 Å². The third-order valence-corrected chi connectivity index (χ3v) is 5.26. The highest BCUT2D eigenvalue weighted by Crippen LogP contribution is 2.43. The molecule has 0 saturated carbocycles. The van der Waals surface area contributed by atoms with Gasteiger partial charge < -0.3 is 0 Å². The van der Waals surface area contributed by atoms with Crippen molar-refractivity contribution in [1.82, 2.24) is 0 Å². The summed E-state index contributed by atoms with van der Waals surface area (Å²) in [6, 6.07) is 21.2. The van der Waals surface area contributed by atoms with Crippen LogP contribution in [0.5, 0.6) is 0 Å². The molecule has 0 aliphatic rings. The van der Waals surface area contributed by atoms with Gasteiger partial charge in [0.05, 0.1) is 0 Å². The largest absolute Gasteiger partial charge is 0.0990 e. The van der Waals surface area contributed by atoms with E-state index in [0.29, 0.717) is 0 Å². The zero-order valence-electron chi connectivity index (χ0n) is 10.9. The normalized spacial score (nSPS) is 11.3. The fraction of sp³-hybridized carbons (Fsp3) is 0. The highest BCUT2D eigenvalue weighted by molar-refractivity contribution is 7.77. The Hall–Kier alpha value is -1.91. The van der Waals surface area contributed by atoms with E-state index in [1.54, 1.807) is 0 Å². The van der Waals surface area contributed by atoms with E-state index >= 15 is 0 Å². The van der Waals surface area contributed by atoms with Gasteiger partial charge in [-0.3, -0.25) is 0 Å². The van der Waals surface area contributed by atoms with E-state index in [2.05, 4.69) is 67.8 Å². The molecular weight excluding hydrogens is 247 g/mol. The monoisotopic (exact) mass is 264 g/mol. The molecule has 94 valence electrons. The number of rotatable bonds is 5. The summed E-state index contributed by atoms with van der Waals surface area (Å²) in [6.07, 6.45) is 5.82. The van der Waals surface area contributed by atoms with Crippen molar-refractivity contribution in [2.24, 2.45) is 0 Å². The van der Waals surface area contributed by atoms with Gasteiger partial charge in [-0.15, -0.1) is 0 Å². The van der Waals surface area contributed by atoms with Crippen LogP contribution in [0.4, 0.5) is 0 Å². The smallest absolute Gasteiger partial charge is 0.0135 e. The molecule has 0 aromatic heterocycles. The van der Waals surface area contributed by atoms with Gasteiger partial charge in [-0.05, 0) is 23.8 Å². The van der Waals surface area contributed by atoms with Crippen molar-refractivity contribution in [3.8, 4) is 0 Å². The summed E-state index contributed by atoms with van der Waals surface area (Å²) in [7, 11) is -0.548. The van der Waals surface area contributed by atoms with Crippen molar-refractivity contribution in [1.29, 1.82) is 0 Å². The van der Waals surface area contributed by atoms with Crippen LogP contribution in [0, 0.1) is 0 Å². The molecule has 0 aliphatic carbocycles. The first-order valence-electron chi connectivity index (χ1n) is 6.22. The molecule has 0 heterocycles. The Morgan fingerprint density at radius 2 is 1.26 bits per heavy atom. The number of benzene rings is 2. The highest BCUT2D eigenvalue weighted by atomic mass is 31.1. The molecule has 0 aliphatic heterocycles. The lowest BCUT2D eigenvalue weighted by Gasteiger charge is -2.19. The van der Waals surface area contributed by atoms with E-state index in [1.165, 1.54) is 15.9 Å². The van der Waals surface area contributed by atoms with Crippen molar-refractivity contribution in [2.75, 3.05) is 0 Å². The lowest BCUT2D eigenvalue weighted by atomic mass is 10.4. The number of hydrogen-bond acceptors (Lipinski definition) is 0. The average molecular weight is 264 g/mol. The zero-order valence-corrected chi connectivity index (χ0v) is 11.8. The minimum Gasteiger partial charge on any atom is -0.0990 e. The van der Waals surface area contributed by atoms with Crippen molar-refractivity contribution >= 4 is 18.5 Å². The van der Waals surface area contributed by atoms with Gasteiger partial charge in [0.15, 0.2) is 0 Å². The van der Waals surface area contributed by atoms with Crippen LogP contribution in [0.1, 0.15) is 0 Å². The van der Waals surface area contributed by atoms with E-state index in [1.807, 2.05) is 24.3 Å². The molecule has 0 spiro atoms. The molecule has 0 fully saturated rings. The Kier molecular flexibility index (Phi) is 4.89. The Balaban J connectivity index is 2.54. The van der Waals surface area contributed by atoms with Gasteiger partial charge in [-0.1, -0.05) is 92.0 Å². The predicted molar refractivity (Wildman–Crippen MR) is 87.5 cm³/mol. The molecule has 0 N–H and O–H groups in total. The Morgan fingerprint density at radius 1 is 0.789 bits per heavy atom. The molecule has 2 aromatic rings. The van der Waals surface area contributed by atoms with Gasteiger partial charge in [0.2, 0.25) is 0 Å². The van der Waals surface area contributed by atoms with E-state index in [9.17, 15) is 0 Å². The summed E-state index contributed by atoms with van der Waals surface area (Å²) in [6.45, 7) is 7.76. The molecule has 19 heavy (non-hydrogen) atoms. The van der Waals surface area contributed by atoms with E-state index in [4.69, 9.17) is 0 Å². The third kappa shape index (κ3) is 3.30. The summed E-state index contributed by atoms with van der Waals surface area (Å²) >= 11 is 0. The van der Waals surface area contributed by atoms with Crippen LogP contribution in [0.25, 0.3) is 0 Å². The van der Waals surface area contributed by atoms with Gasteiger partial charge in [0.1, 0.15) is 0 Å². The maximum atomic E-state index is 3.95. The van der Waals surface area contributed by atoms with Crippen LogP contribution in [0.15, 0.2) is 97.4 Å². The number of allylic oxidation sites excluding steroid dienone is 4. The van der Waals surface area contributed by atoms with Crippen molar-refractivity contribution in [2.45, 2.75) is 0 Å². The lowest BCUT2D eigenvalue weighted by Crippen LogP contribution is -2.12. The minimum absolute atomic E-state index is 0.548. The van der Waals surface area contributed by atoms with Crippen molar-refractivity contribution in [3.63, 3.8) is 0 Å². The molecule has 0 bridgehead atoms. The quantitative estimate of drug-likeness (QED) is 0.555. The van der Waals surface area contributed by atoms with E-state index in [0.717, 1.165) is 0 Å². The molecule has 0 amide bonds. The maximum absolute atomic E-state index is 3.95. The zero-order chi connectivity index (χ0) is 13.5. The number of hydrogen-bond donors (Lipinski definition) is 0. The first-order chi connectivity index (χ1) is 9.36. The van der Waals surface area contributed by atoms with Crippen LogP contribution >= 0.6 is 7.92 Å². The molecule has 2 rings (SSSR count). The molecule has 0 atom stereocenters. The van der Waals surface area contributed by atoms with Crippen LogP contribution in [0.2, 0.25) is 0 Å². The topological polar surface area (TPSA) is 0 Å². The summed E-state index contributed by atoms with van der Waals surface area (Å²) in [4.78, 5) is 0. The minimum atomic E-state index is -0.548. The Morgan fingerprint density at radius 3 is 1.63 bits per heavy atom. The van der Waals surface area contributed by atoms with Gasteiger partial charge in [0, 0.05) is 0 Å². The second-order valence-corrected chi connectivity index (χ2v) is 6.26. The van der Waals surface area contributed by atoms with Gasteiger partial charge in [0.25, 0.3) is 0 Å². The molecular formula is C18H17P. The summed E-state index contributed by atoms with van der Waals surface area (Å²) in [5.74, 6) is 0. The molecule has 0 unspecified atom stereocenters. The van der Waals surface area contributed by atoms with Gasteiger partial charge >= 0.3 is 0 Å². The standard InChI is InChI=1S/C18H17P/c1-3-11-16(4-2)19(17-12-7-5-8-13-17)18-14-9-6-10-15-18/h3-15H,1-2H2/b16-11+. The van der Waals surface area contributed by atoms with Crippen LogP contribution in [0.3, 0.4) is 0 Å². The summed E-state index contributed by atoms with van der Waals surface area (Å²) in [5, 5.41) is 3.89. The SMILES string of the molecule is C=C/C=C(\C=C)P(c1ccccc1)c1ccccc1. The van der Waals surface area contributed by atoms with Crippen LogP contribution < -0.4 is 10.6 Å². The lowest BCUT2D eigenvalue weighted by molar-refractivity contribution is 1.74. The summed E-state index contributed by atoms with van der Waals surface area (Å²) in [5.41, 5.74) is 0.